The number of carbonyl (C=O) groups is 1. The standard InChI is InChI=1S/C19H20BrN5O3/c1-27-15-8-3-12(11-16(15)28-2)9-10-22-19(26)17-18(21)25(24-23-17)14-6-4-13(20)5-7-14/h3-8,11H,9-10,21H2,1-2H3,(H,22,26). The number of halogens is 1. The van der Waals surface area contributed by atoms with Gasteiger partial charge < -0.3 is 20.5 Å². The molecule has 0 saturated carbocycles. The first-order chi connectivity index (χ1) is 13.5. The summed E-state index contributed by atoms with van der Waals surface area (Å²) in [5, 5.41) is 10.7. The van der Waals surface area contributed by atoms with E-state index in [-0.39, 0.29) is 17.4 Å². The van der Waals surface area contributed by atoms with Crippen molar-refractivity contribution in [3.05, 3.63) is 58.2 Å². The molecule has 0 aliphatic rings. The van der Waals surface area contributed by atoms with E-state index in [2.05, 4.69) is 31.6 Å². The van der Waals surface area contributed by atoms with Crippen LogP contribution in [0.5, 0.6) is 11.5 Å². The Hall–Kier alpha value is -3.07. The van der Waals surface area contributed by atoms with Gasteiger partial charge in [0.2, 0.25) is 0 Å². The normalized spacial score (nSPS) is 10.5. The van der Waals surface area contributed by atoms with Crippen LogP contribution in [0.1, 0.15) is 16.1 Å². The van der Waals surface area contributed by atoms with Gasteiger partial charge in [0.25, 0.3) is 5.91 Å². The predicted octanol–water partition coefficient (Wildman–Crippen LogP) is 2.60. The summed E-state index contributed by atoms with van der Waals surface area (Å²) in [6, 6.07) is 13.0. The Morgan fingerprint density at radius 1 is 1.14 bits per heavy atom. The fraction of sp³-hybridized carbons (Fsp3) is 0.211. The van der Waals surface area contributed by atoms with Crippen LogP contribution in [-0.4, -0.2) is 41.7 Å². The van der Waals surface area contributed by atoms with E-state index in [1.54, 1.807) is 14.2 Å². The van der Waals surface area contributed by atoms with Crippen molar-refractivity contribution in [3.63, 3.8) is 0 Å². The van der Waals surface area contributed by atoms with Crippen molar-refractivity contribution in [1.29, 1.82) is 0 Å². The van der Waals surface area contributed by atoms with E-state index in [1.807, 2.05) is 42.5 Å². The minimum atomic E-state index is -0.374. The van der Waals surface area contributed by atoms with Gasteiger partial charge in [-0.3, -0.25) is 4.79 Å². The highest BCUT2D eigenvalue weighted by Gasteiger charge is 2.18. The van der Waals surface area contributed by atoms with Gasteiger partial charge in [-0.15, -0.1) is 5.10 Å². The largest absolute Gasteiger partial charge is 0.493 e. The molecule has 0 bridgehead atoms. The smallest absolute Gasteiger partial charge is 0.275 e. The van der Waals surface area contributed by atoms with Gasteiger partial charge in [0.1, 0.15) is 0 Å². The van der Waals surface area contributed by atoms with E-state index in [4.69, 9.17) is 15.2 Å². The molecule has 2 aromatic carbocycles. The lowest BCUT2D eigenvalue weighted by Gasteiger charge is -2.10. The molecule has 1 heterocycles. The summed E-state index contributed by atoms with van der Waals surface area (Å²) < 4.78 is 12.9. The van der Waals surface area contributed by atoms with Gasteiger partial charge in [0.05, 0.1) is 19.9 Å². The van der Waals surface area contributed by atoms with Crippen LogP contribution in [-0.2, 0) is 6.42 Å². The first-order valence-corrected chi connectivity index (χ1v) is 9.29. The van der Waals surface area contributed by atoms with Gasteiger partial charge in [-0.25, -0.2) is 0 Å². The van der Waals surface area contributed by atoms with Gasteiger partial charge in [-0.1, -0.05) is 27.2 Å². The molecule has 3 rings (SSSR count). The Morgan fingerprint density at radius 2 is 1.86 bits per heavy atom. The lowest BCUT2D eigenvalue weighted by atomic mass is 10.1. The third-order valence-electron chi connectivity index (χ3n) is 4.14. The maximum Gasteiger partial charge on any atom is 0.275 e. The van der Waals surface area contributed by atoms with Crippen molar-refractivity contribution >= 4 is 27.7 Å². The number of hydrogen-bond donors (Lipinski definition) is 2. The van der Waals surface area contributed by atoms with E-state index in [0.29, 0.717) is 24.5 Å². The molecule has 8 nitrogen and oxygen atoms in total. The Labute approximate surface area is 170 Å². The van der Waals surface area contributed by atoms with Crippen LogP contribution in [0.4, 0.5) is 5.82 Å². The van der Waals surface area contributed by atoms with Gasteiger partial charge in [0.15, 0.2) is 23.0 Å². The summed E-state index contributed by atoms with van der Waals surface area (Å²) in [6.45, 7) is 0.416. The Kier molecular flexibility index (Phi) is 6.15. The van der Waals surface area contributed by atoms with E-state index in [0.717, 1.165) is 15.7 Å². The molecular weight excluding hydrogens is 426 g/mol. The molecular formula is C19H20BrN5O3. The second kappa shape index (κ2) is 8.75. The van der Waals surface area contributed by atoms with Crippen molar-refractivity contribution in [2.75, 3.05) is 26.5 Å². The minimum Gasteiger partial charge on any atom is -0.493 e. The molecule has 1 aromatic heterocycles. The fourth-order valence-corrected chi connectivity index (χ4v) is 2.93. The van der Waals surface area contributed by atoms with E-state index in [9.17, 15) is 4.79 Å². The topological polar surface area (TPSA) is 104 Å². The molecule has 0 spiro atoms. The van der Waals surface area contributed by atoms with E-state index >= 15 is 0 Å². The first kappa shape index (κ1) is 19.7. The van der Waals surface area contributed by atoms with Crippen LogP contribution in [0, 0.1) is 0 Å². The highest BCUT2D eigenvalue weighted by atomic mass is 79.9. The van der Waals surface area contributed by atoms with E-state index < -0.39 is 0 Å². The Morgan fingerprint density at radius 3 is 2.54 bits per heavy atom. The molecule has 146 valence electrons. The average molecular weight is 446 g/mol. The summed E-state index contributed by atoms with van der Waals surface area (Å²) in [7, 11) is 3.17. The van der Waals surface area contributed by atoms with E-state index in [1.165, 1.54) is 4.68 Å². The monoisotopic (exact) mass is 445 g/mol. The summed E-state index contributed by atoms with van der Waals surface area (Å²) in [5.74, 6) is 1.12. The summed E-state index contributed by atoms with van der Waals surface area (Å²) in [6.07, 6.45) is 0.618. The number of anilines is 1. The molecule has 0 unspecified atom stereocenters. The van der Waals surface area contributed by atoms with Crippen LogP contribution in [0.3, 0.4) is 0 Å². The second-order valence-corrected chi connectivity index (χ2v) is 6.82. The maximum atomic E-state index is 12.4. The number of nitrogens with zero attached hydrogens (tertiary/aromatic N) is 3. The maximum absolute atomic E-state index is 12.4. The molecule has 0 saturated heterocycles. The third kappa shape index (κ3) is 4.25. The van der Waals surface area contributed by atoms with Crippen LogP contribution >= 0.6 is 15.9 Å². The number of benzene rings is 2. The van der Waals surface area contributed by atoms with Gasteiger partial charge in [-0.2, -0.15) is 4.68 Å². The first-order valence-electron chi connectivity index (χ1n) is 8.49. The number of amides is 1. The molecule has 9 heteroatoms. The molecule has 3 N–H and O–H groups in total. The molecule has 1 amide bonds. The molecule has 0 radical (unpaired) electrons. The van der Waals surface area contributed by atoms with Gasteiger partial charge in [0, 0.05) is 11.0 Å². The number of nitrogens with two attached hydrogens (primary N) is 1. The van der Waals surface area contributed by atoms with Gasteiger partial charge >= 0.3 is 0 Å². The lowest BCUT2D eigenvalue weighted by molar-refractivity contribution is 0.0950. The summed E-state index contributed by atoms with van der Waals surface area (Å²) in [5.41, 5.74) is 7.88. The van der Waals surface area contributed by atoms with Crippen molar-refractivity contribution in [3.8, 4) is 17.2 Å². The van der Waals surface area contributed by atoms with Gasteiger partial charge in [-0.05, 0) is 48.4 Å². The van der Waals surface area contributed by atoms with Crippen molar-refractivity contribution in [2.45, 2.75) is 6.42 Å². The highest BCUT2D eigenvalue weighted by Crippen LogP contribution is 2.27. The van der Waals surface area contributed by atoms with Crippen LogP contribution in [0.15, 0.2) is 46.9 Å². The average Bonchev–Trinajstić information content (AvgIpc) is 3.09. The number of ether oxygens (including phenoxy) is 2. The zero-order valence-electron chi connectivity index (χ0n) is 15.5. The summed E-state index contributed by atoms with van der Waals surface area (Å²) in [4.78, 5) is 12.4. The highest BCUT2D eigenvalue weighted by molar-refractivity contribution is 9.10. The SMILES string of the molecule is COc1ccc(CCNC(=O)c2nnn(-c3ccc(Br)cc3)c2N)cc1OC. The minimum absolute atomic E-state index is 0.0928. The van der Waals surface area contributed by atoms with Crippen molar-refractivity contribution in [2.24, 2.45) is 0 Å². The fourth-order valence-electron chi connectivity index (χ4n) is 2.66. The molecule has 0 atom stereocenters. The van der Waals surface area contributed by atoms with Crippen LogP contribution < -0.4 is 20.5 Å². The number of hydrogen-bond acceptors (Lipinski definition) is 6. The lowest BCUT2D eigenvalue weighted by Crippen LogP contribution is -2.27. The Bertz CT molecular complexity index is 972. The molecule has 0 aliphatic heterocycles. The number of nitrogen functional groups attached to an aromatic ring is 1. The molecule has 28 heavy (non-hydrogen) atoms. The molecule has 0 fully saturated rings. The number of carbonyl (C=O) groups excluding carboxylic acids is 1. The Balaban J connectivity index is 1.63. The number of aromatic nitrogens is 3. The quantitative estimate of drug-likeness (QED) is 0.578. The number of rotatable bonds is 7. The summed E-state index contributed by atoms with van der Waals surface area (Å²) >= 11 is 3.37. The molecule has 0 aliphatic carbocycles. The second-order valence-electron chi connectivity index (χ2n) is 5.91. The number of nitrogens with one attached hydrogen (secondary N) is 1. The number of methoxy groups -OCH3 is 2. The zero-order valence-corrected chi connectivity index (χ0v) is 17.1. The van der Waals surface area contributed by atoms with Crippen molar-refractivity contribution in [1.82, 2.24) is 20.3 Å². The third-order valence-corrected chi connectivity index (χ3v) is 4.67. The van der Waals surface area contributed by atoms with Crippen LogP contribution in [0.25, 0.3) is 5.69 Å². The zero-order chi connectivity index (χ0) is 20.1. The van der Waals surface area contributed by atoms with Crippen molar-refractivity contribution < 1.29 is 14.3 Å². The molecule has 3 aromatic rings. The predicted molar refractivity (Wildman–Crippen MR) is 109 cm³/mol. The van der Waals surface area contributed by atoms with Crippen LogP contribution in [0.2, 0.25) is 0 Å².